The summed E-state index contributed by atoms with van der Waals surface area (Å²) in [6.07, 6.45) is 3.95. The normalized spacial score (nSPS) is 19.5. The lowest BCUT2D eigenvalue weighted by atomic mass is 10.2. The van der Waals surface area contributed by atoms with E-state index in [0.29, 0.717) is 12.1 Å². The molecule has 0 amide bonds. The second-order valence-corrected chi connectivity index (χ2v) is 4.90. The molecule has 7 nitrogen and oxygen atoms in total. The first-order valence-corrected chi connectivity index (χ1v) is 6.86. The van der Waals surface area contributed by atoms with Crippen molar-refractivity contribution < 1.29 is 10.1 Å². The number of aliphatic imine (C=N–C) groups is 1. The molecule has 5 N–H and O–H groups in total. The fourth-order valence-electron chi connectivity index (χ4n) is 2.40. The smallest absolute Gasteiger partial charge is 0.102 e. The Bertz CT molecular complexity index is 620. The van der Waals surface area contributed by atoms with Gasteiger partial charge in [-0.2, -0.15) is 0 Å². The molecule has 1 aliphatic heterocycles. The average molecular weight is 303 g/mol. The highest BCUT2D eigenvalue weighted by molar-refractivity contribution is 5.91. The third kappa shape index (κ3) is 3.11. The predicted octanol–water partition coefficient (Wildman–Crippen LogP) is 1.80. The quantitative estimate of drug-likeness (QED) is 0.259. The van der Waals surface area contributed by atoms with Gasteiger partial charge in [0.1, 0.15) is 6.61 Å². The van der Waals surface area contributed by atoms with Gasteiger partial charge in [-0.05, 0) is 25.1 Å². The highest BCUT2D eigenvalue weighted by Crippen LogP contribution is 2.37. The van der Waals surface area contributed by atoms with E-state index >= 15 is 0 Å². The van der Waals surface area contributed by atoms with Crippen molar-refractivity contribution in [2.75, 3.05) is 23.6 Å². The molecule has 7 heteroatoms. The van der Waals surface area contributed by atoms with Crippen LogP contribution in [0.15, 0.2) is 52.4 Å². The van der Waals surface area contributed by atoms with Crippen molar-refractivity contribution in [2.45, 2.75) is 13.3 Å². The number of fused-ring (bicyclic) bond motifs is 1. The Morgan fingerprint density at radius 1 is 1.41 bits per heavy atom. The Balaban J connectivity index is 2.65. The summed E-state index contributed by atoms with van der Waals surface area (Å²) in [4.78, 5) is 10.2. The molecular weight excluding hydrogens is 282 g/mol. The molecule has 1 aromatic rings. The molecular formula is C15H21N5O2. The third-order valence-electron chi connectivity index (χ3n) is 3.43. The summed E-state index contributed by atoms with van der Waals surface area (Å²) in [6.45, 7) is 1.87. The average Bonchev–Trinajstić information content (AvgIpc) is 2.63. The van der Waals surface area contributed by atoms with Crippen molar-refractivity contribution in [3.8, 4) is 0 Å². The first-order valence-electron chi connectivity index (χ1n) is 6.86. The van der Waals surface area contributed by atoms with Gasteiger partial charge in [-0.1, -0.05) is 12.1 Å². The number of nitrogens with two attached hydrogens (primary N) is 2. The fourth-order valence-corrected chi connectivity index (χ4v) is 2.40. The largest absolute Gasteiger partial charge is 0.401 e. The minimum atomic E-state index is 0.0625. The van der Waals surface area contributed by atoms with Gasteiger partial charge < -0.3 is 10.6 Å². The van der Waals surface area contributed by atoms with Crippen molar-refractivity contribution in [1.82, 2.24) is 0 Å². The number of nitrogens with zero attached hydrogens (tertiary/aromatic N) is 3. The monoisotopic (exact) mass is 303 g/mol. The molecule has 1 heterocycles. The van der Waals surface area contributed by atoms with E-state index in [0.717, 1.165) is 22.8 Å². The van der Waals surface area contributed by atoms with E-state index in [1.807, 2.05) is 36.1 Å². The van der Waals surface area contributed by atoms with Gasteiger partial charge >= 0.3 is 0 Å². The van der Waals surface area contributed by atoms with Crippen LogP contribution in [0.5, 0.6) is 0 Å². The standard InChI is InChI=1S/C15H21N5O2/c1-11(16)15-9-12(7-8-22-21)19(10-18-2)13-5-3-4-6-14(13)20(15)17/h3-7,10,21H,8-9,16-17H2,1-2H3/b12-7+,15-11-,18-10?. The molecule has 1 aliphatic rings. The number of allylic oxidation sites excluding steroid dienone is 1. The topological polar surface area (TPSA) is 100 Å². The van der Waals surface area contributed by atoms with E-state index in [-0.39, 0.29) is 6.61 Å². The Labute approximate surface area is 129 Å². The number of hydrazine groups is 1. The second kappa shape index (κ2) is 7.08. The molecule has 0 saturated carbocycles. The zero-order valence-electron chi connectivity index (χ0n) is 12.7. The second-order valence-electron chi connectivity index (χ2n) is 4.90. The van der Waals surface area contributed by atoms with Crippen LogP contribution in [0.4, 0.5) is 11.4 Å². The molecule has 22 heavy (non-hydrogen) atoms. The summed E-state index contributed by atoms with van der Waals surface area (Å²) in [5.41, 5.74) is 9.95. The molecule has 0 saturated heterocycles. The molecule has 0 aliphatic carbocycles. The van der Waals surface area contributed by atoms with Crippen molar-refractivity contribution in [1.29, 1.82) is 0 Å². The first kappa shape index (κ1) is 16.0. The van der Waals surface area contributed by atoms with Gasteiger partial charge in [0.2, 0.25) is 0 Å². The van der Waals surface area contributed by atoms with Gasteiger partial charge in [0, 0.05) is 24.9 Å². The fraction of sp³-hybridized carbons (Fsp3) is 0.267. The summed E-state index contributed by atoms with van der Waals surface area (Å²) in [7, 11) is 1.69. The van der Waals surface area contributed by atoms with Gasteiger partial charge in [-0.25, -0.2) is 10.7 Å². The van der Waals surface area contributed by atoms with Crippen LogP contribution in [0.1, 0.15) is 13.3 Å². The van der Waals surface area contributed by atoms with Crippen molar-refractivity contribution in [3.63, 3.8) is 0 Å². The Hall–Kier alpha value is -2.35. The van der Waals surface area contributed by atoms with E-state index in [1.165, 1.54) is 0 Å². The van der Waals surface area contributed by atoms with Gasteiger partial charge in [0.15, 0.2) is 0 Å². The lowest BCUT2D eigenvalue weighted by Gasteiger charge is -2.23. The van der Waals surface area contributed by atoms with Crippen LogP contribution in [0, 0.1) is 0 Å². The summed E-state index contributed by atoms with van der Waals surface area (Å²) in [5.74, 6) is 6.26. The van der Waals surface area contributed by atoms with E-state index in [9.17, 15) is 0 Å². The van der Waals surface area contributed by atoms with Crippen LogP contribution in [-0.2, 0) is 4.89 Å². The van der Waals surface area contributed by atoms with Crippen molar-refractivity contribution in [2.24, 2.45) is 16.6 Å². The highest BCUT2D eigenvalue weighted by Gasteiger charge is 2.25. The van der Waals surface area contributed by atoms with Crippen LogP contribution in [0.25, 0.3) is 0 Å². The maximum atomic E-state index is 8.64. The maximum absolute atomic E-state index is 8.64. The lowest BCUT2D eigenvalue weighted by Crippen LogP contribution is -2.31. The van der Waals surface area contributed by atoms with E-state index in [4.69, 9.17) is 16.8 Å². The number of hydrogen-bond acceptors (Lipinski definition) is 6. The van der Waals surface area contributed by atoms with Crippen LogP contribution >= 0.6 is 0 Å². The van der Waals surface area contributed by atoms with Gasteiger partial charge in [-0.3, -0.25) is 15.3 Å². The molecule has 118 valence electrons. The molecule has 0 radical (unpaired) electrons. The number of para-hydroxylation sites is 2. The number of benzene rings is 1. The Morgan fingerprint density at radius 2 is 2.09 bits per heavy atom. The minimum Gasteiger partial charge on any atom is -0.401 e. The van der Waals surface area contributed by atoms with Gasteiger partial charge in [0.25, 0.3) is 0 Å². The Morgan fingerprint density at radius 3 is 2.68 bits per heavy atom. The van der Waals surface area contributed by atoms with Gasteiger partial charge in [-0.15, -0.1) is 0 Å². The minimum absolute atomic E-state index is 0.0625. The molecule has 0 fully saturated rings. The zero-order chi connectivity index (χ0) is 16.1. The summed E-state index contributed by atoms with van der Waals surface area (Å²) in [5, 5.41) is 10.2. The molecule has 0 unspecified atom stereocenters. The highest BCUT2D eigenvalue weighted by atomic mass is 17.1. The van der Waals surface area contributed by atoms with Crippen LogP contribution in [-0.4, -0.2) is 25.3 Å². The molecule has 0 spiro atoms. The summed E-state index contributed by atoms with van der Waals surface area (Å²) >= 11 is 0. The van der Waals surface area contributed by atoms with Crippen molar-refractivity contribution >= 4 is 17.7 Å². The number of anilines is 2. The van der Waals surface area contributed by atoms with Gasteiger partial charge in [0.05, 0.1) is 23.4 Å². The van der Waals surface area contributed by atoms with E-state index in [1.54, 1.807) is 24.5 Å². The van der Waals surface area contributed by atoms with Crippen LogP contribution < -0.4 is 21.5 Å². The predicted molar refractivity (Wildman–Crippen MR) is 88.2 cm³/mol. The zero-order valence-corrected chi connectivity index (χ0v) is 12.7. The van der Waals surface area contributed by atoms with E-state index in [2.05, 4.69) is 9.88 Å². The molecule has 0 atom stereocenters. The maximum Gasteiger partial charge on any atom is 0.102 e. The number of rotatable bonds is 3. The lowest BCUT2D eigenvalue weighted by molar-refractivity contribution is -0.232. The SMILES string of the molecule is CN=CN1/C(=C/COO)C/C(=C(\C)N)N(N)c2ccccc21. The summed E-state index contributed by atoms with van der Waals surface area (Å²) in [6, 6.07) is 7.70. The third-order valence-corrected chi connectivity index (χ3v) is 3.43. The molecule has 0 aromatic heterocycles. The summed E-state index contributed by atoms with van der Waals surface area (Å²) < 4.78 is 0. The molecule has 0 bridgehead atoms. The molecule has 2 rings (SSSR count). The van der Waals surface area contributed by atoms with E-state index < -0.39 is 0 Å². The first-order chi connectivity index (χ1) is 10.6. The molecule has 1 aromatic carbocycles. The van der Waals surface area contributed by atoms with Crippen molar-refractivity contribution in [3.05, 3.63) is 47.4 Å². The number of hydrogen-bond donors (Lipinski definition) is 3. The Kier molecular flexibility index (Phi) is 5.16. The van der Waals surface area contributed by atoms with Crippen LogP contribution in [0.2, 0.25) is 0 Å². The van der Waals surface area contributed by atoms with Crippen LogP contribution in [0.3, 0.4) is 0 Å².